The number of hydrogen-bond donors (Lipinski definition) is 3. The van der Waals surface area contributed by atoms with Gasteiger partial charge in [-0.25, -0.2) is 4.98 Å². The molecule has 1 atom stereocenters. The molecule has 1 aromatic carbocycles. The molecule has 1 aliphatic rings. The van der Waals surface area contributed by atoms with Gasteiger partial charge in [0.05, 0.1) is 40.7 Å². The largest absolute Gasteiger partial charge is 0.417 e. The fraction of sp³-hybridized carbons (Fsp3) is 0.250. The van der Waals surface area contributed by atoms with Crippen molar-refractivity contribution in [1.29, 1.82) is 0 Å². The number of halogens is 3. The third kappa shape index (κ3) is 3.09. The first kappa shape index (κ1) is 19.9. The van der Waals surface area contributed by atoms with Crippen LogP contribution in [-0.4, -0.2) is 40.9 Å². The average Bonchev–Trinajstić information content (AvgIpc) is 3.13. The maximum absolute atomic E-state index is 13.4. The fourth-order valence-corrected chi connectivity index (χ4v) is 3.56. The molecule has 0 spiro atoms. The number of methoxy groups -OCH3 is 1. The number of anilines is 2. The summed E-state index contributed by atoms with van der Waals surface area (Å²) in [7, 11) is 1.44. The van der Waals surface area contributed by atoms with Crippen LogP contribution in [0, 0.1) is 0 Å². The predicted octanol–water partition coefficient (Wildman–Crippen LogP) is 3.58. The van der Waals surface area contributed by atoms with E-state index in [0.29, 0.717) is 17.0 Å². The van der Waals surface area contributed by atoms with Crippen molar-refractivity contribution in [2.75, 3.05) is 24.4 Å². The Morgan fingerprint density at radius 3 is 2.67 bits per heavy atom. The Kier molecular flexibility index (Phi) is 4.53. The molecule has 3 N–H and O–H groups in total. The van der Waals surface area contributed by atoms with E-state index in [1.165, 1.54) is 31.6 Å². The minimum Gasteiger partial charge on any atom is -0.382 e. The lowest BCUT2D eigenvalue weighted by Gasteiger charge is -2.35. The zero-order chi connectivity index (χ0) is 21.7. The van der Waals surface area contributed by atoms with Gasteiger partial charge in [-0.2, -0.15) is 13.2 Å². The highest BCUT2D eigenvalue weighted by molar-refractivity contribution is 6.22. The molecule has 30 heavy (non-hydrogen) atoms. The second-order valence-electron chi connectivity index (χ2n) is 7.19. The van der Waals surface area contributed by atoms with Crippen molar-refractivity contribution >= 4 is 34.1 Å². The van der Waals surface area contributed by atoms with Gasteiger partial charge in [-0.05, 0) is 13.0 Å². The molecule has 0 saturated heterocycles. The normalized spacial score (nSPS) is 18.6. The topological polar surface area (TPSA) is 96.1 Å². The van der Waals surface area contributed by atoms with Gasteiger partial charge in [0.2, 0.25) is 0 Å². The molecule has 156 valence electrons. The molecule has 3 aromatic rings. The summed E-state index contributed by atoms with van der Waals surface area (Å²) in [5, 5.41) is 6.07. The minimum absolute atomic E-state index is 0.00876. The number of fused-ring (bicyclic) bond motifs is 3. The minimum atomic E-state index is -4.68. The van der Waals surface area contributed by atoms with Crippen molar-refractivity contribution in [2.45, 2.75) is 18.6 Å². The van der Waals surface area contributed by atoms with Crippen LogP contribution in [0.2, 0.25) is 0 Å². The molecule has 1 amide bonds. The van der Waals surface area contributed by atoms with Crippen LogP contribution in [-0.2, 0) is 15.7 Å². The lowest BCUT2D eigenvalue weighted by Crippen LogP contribution is -2.53. The van der Waals surface area contributed by atoms with E-state index in [4.69, 9.17) is 4.74 Å². The van der Waals surface area contributed by atoms with E-state index in [1.54, 1.807) is 6.92 Å². The second-order valence-corrected chi connectivity index (χ2v) is 7.19. The molecule has 0 bridgehead atoms. The van der Waals surface area contributed by atoms with Crippen molar-refractivity contribution in [3.63, 3.8) is 0 Å². The van der Waals surface area contributed by atoms with Crippen molar-refractivity contribution in [3.05, 3.63) is 53.3 Å². The molecule has 4 rings (SSSR count). The zero-order valence-electron chi connectivity index (χ0n) is 16.0. The summed E-state index contributed by atoms with van der Waals surface area (Å²) in [4.78, 5) is 32.6. The SMILES string of the molecule is COC[C@]1(C)Nc2c(cnc3[nH]cc(C(=O)c4ccccc4C(F)(F)F)c23)NC1=O. The number of aromatic amines is 1. The van der Waals surface area contributed by atoms with Crippen LogP contribution in [0.4, 0.5) is 24.5 Å². The summed E-state index contributed by atoms with van der Waals surface area (Å²) in [6, 6.07) is 4.60. The maximum Gasteiger partial charge on any atom is 0.417 e. The summed E-state index contributed by atoms with van der Waals surface area (Å²) in [5.74, 6) is -1.17. The lowest BCUT2D eigenvalue weighted by molar-refractivity contribution is -0.137. The number of pyridine rings is 1. The molecule has 0 aliphatic carbocycles. The van der Waals surface area contributed by atoms with Gasteiger partial charge >= 0.3 is 6.18 Å². The Morgan fingerprint density at radius 1 is 1.23 bits per heavy atom. The second kappa shape index (κ2) is 6.84. The number of rotatable bonds is 4. The molecule has 0 radical (unpaired) electrons. The number of nitrogens with zero attached hydrogens (tertiary/aromatic N) is 1. The number of amides is 1. The van der Waals surface area contributed by atoms with E-state index in [2.05, 4.69) is 20.6 Å². The van der Waals surface area contributed by atoms with Gasteiger partial charge in [0.25, 0.3) is 5.91 Å². The van der Waals surface area contributed by atoms with Gasteiger partial charge in [0.15, 0.2) is 5.78 Å². The highest BCUT2D eigenvalue weighted by atomic mass is 19.4. The highest BCUT2D eigenvalue weighted by Gasteiger charge is 2.40. The molecule has 7 nitrogen and oxygen atoms in total. The van der Waals surface area contributed by atoms with Crippen LogP contribution in [0.25, 0.3) is 11.0 Å². The highest BCUT2D eigenvalue weighted by Crippen LogP contribution is 2.39. The van der Waals surface area contributed by atoms with E-state index in [-0.39, 0.29) is 23.5 Å². The van der Waals surface area contributed by atoms with Gasteiger partial charge in [0.1, 0.15) is 11.2 Å². The van der Waals surface area contributed by atoms with Crippen molar-refractivity contribution in [3.8, 4) is 0 Å². The predicted molar refractivity (Wildman–Crippen MR) is 104 cm³/mol. The Balaban J connectivity index is 1.89. The van der Waals surface area contributed by atoms with Gasteiger partial charge in [0, 0.05) is 18.9 Å². The van der Waals surface area contributed by atoms with E-state index >= 15 is 0 Å². The third-order valence-corrected chi connectivity index (χ3v) is 5.01. The van der Waals surface area contributed by atoms with Gasteiger partial charge in [-0.3, -0.25) is 9.59 Å². The number of carbonyl (C=O) groups is 2. The molecule has 0 fully saturated rings. The number of carbonyl (C=O) groups excluding carboxylic acids is 2. The molecule has 0 saturated carbocycles. The third-order valence-electron chi connectivity index (χ3n) is 5.01. The molecular formula is C20H17F3N4O3. The number of ketones is 1. The number of aromatic nitrogens is 2. The van der Waals surface area contributed by atoms with E-state index < -0.39 is 28.6 Å². The summed E-state index contributed by atoms with van der Waals surface area (Å²) >= 11 is 0. The monoisotopic (exact) mass is 418 g/mol. The van der Waals surface area contributed by atoms with Crippen LogP contribution in [0.5, 0.6) is 0 Å². The number of H-pyrrole nitrogens is 1. The molecule has 1 aliphatic heterocycles. The quantitative estimate of drug-likeness (QED) is 0.563. The van der Waals surface area contributed by atoms with Gasteiger partial charge < -0.3 is 20.4 Å². The first-order valence-electron chi connectivity index (χ1n) is 8.95. The number of nitrogens with one attached hydrogen (secondary N) is 3. The standard InChI is InChI=1S/C20H17F3N4O3/c1-19(9-30-2)18(29)26-13-8-25-17-14(15(13)27-19)11(7-24-17)16(28)10-5-3-4-6-12(10)20(21,22)23/h3-8,27H,9H2,1-2H3,(H,24,25)(H,26,29)/t19-/m0/s1. The lowest BCUT2D eigenvalue weighted by atomic mass is 9.94. The van der Waals surface area contributed by atoms with Crippen LogP contribution >= 0.6 is 0 Å². The summed E-state index contributed by atoms with van der Waals surface area (Å²) < 4.78 is 45.4. The average molecular weight is 418 g/mol. The first-order chi connectivity index (χ1) is 14.2. The van der Waals surface area contributed by atoms with Crippen molar-refractivity contribution in [1.82, 2.24) is 9.97 Å². The molecule has 3 heterocycles. The first-order valence-corrected chi connectivity index (χ1v) is 8.95. The van der Waals surface area contributed by atoms with E-state index in [0.717, 1.165) is 12.1 Å². The summed E-state index contributed by atoms with van der Waals surface area (Å²) in [6.45, 7) is 1.65. The summed E-state index contributed by atoms with van der Waals surface area (Å²) in [6.07, 6.45) is -1.96. The molecular weight excluding hydrogens is 401 g/mol. The van der Waals surface area contributed by atoms with Crippen LogP contribution in [0.3, 0.4) is 0 Å². The fourth-order valence-electron chi connectivity index (χ4n) is 3.56. The zero-order valence-corrected chi connectivity index (χ0v) is 16.0. The summed E-state index contributed by atoms with van der Waals surface area (Å²) in [5.41, 5.74) is -1.63. The number of hydrogen-bond acceptors (Lipinski definition) is 5. The van der Waals surface area contributed by atoms with Crippen LogP contribution < -0.4 is 10.6 Å². The van der Waals surface area contributed by atoms with Gasteiger partial charge in [-0.15, -0.1) is 0 Å². The Bertz CT molecular complexity index is 1170. The maximum atomic E-state index is 13.4. The van der Waals surface area contributed by atoms with Crippen molar-refractivity contribution in [2.24, 2.45) is 0 Å². The molecule has 0 unspecified atom stereocenters. The number of alkyl halides is 3. The molecule has 2 aromatic heterocycles. The van der Waals surface area contributed by atoms with Gasteiger partial charge in [-0.1, -0.05) is 18.2 Å². The van der Waals surface area contributed by atoms with Crippen LogP contribution in [0.15, 0.2) is 36.7 Å². The molecule has 10 heteroatoms. The number of benzene rings is 1. The van der Waals surface area contributed by atoms with Crippen LogP contribution in [0.1, 0.15) is 28.4 Å². The van der Waals surface area contributed by atoms with E-state index in [9.17, 15) is 22.8 Å². The Hall–Kier alpha value is -3.40. The number of ether oxygens (including phenoxy) is 1. The van der Waals surface area contributed by atoms with Crippen molar-refractivity contribution < 1.29 is 27.5 Å². The smallest absolute Gasteiger partial charge is 0.382 e. The van der Waals surface area contributed by atoms with E-state index in [1.807, 2.05) is 0 Å². The Morgan fingerprint density at radius 2 is 1.97 bits per heavy atom. The Labute approximate surface area is 168 Å².